The molecular weight excluding hydrogens is 323 g/mol. The van der Waals surface area contributed by atoms with Gasteiger partial charge in [0.1, 0.15) is 5.75 Å². The van der Waals surface area contributed by atoms with E-state index in [2.05, 4.69) is 0 Å². The number of carbonyl (C=O) groups excluding carboxylic acids is 1. The van der Waals surface area contributed by atoms with Gasteiger partial charge in [-0.3, -0.25) is 4.79 Å². The molecule has 1 unspecified atom stereocenters. The number of piperidine rings is 1. The maximum Gasteiger partial charge on any atom is 0.414 e. The van der Waals surface area contributed by atoms with Gasteiger partial charge in [-0.15, -0.1) is 0 Å². The second-order valence-electron chi connectivity index (χ2n) is 6.13. The van der Waals surface area contributed by atoms with Crippen LogP contribution in [0.2, 0.25) is 0 Å². The third-order valence-electron chi connectivity index (χ3n) is 4.78. The zero-order valence-electron chi connectivity index (χ0n) is 13.1. The standard InChI is InChI=1S/C17H18F3NO3/c1-24-12-4-2-10(3-5-12)8-21-15-7-11(16(21)23)6-13(15)14(9-22)17(18,19)20/h2-5,11,15,22H,6-9H2,1H3/b14-13-/t11-,15?/m0/s1. The van der Waals surface area contributed by atoms with E-state index in [1.807, 2.05) is 0 Å². The number of halogens is 3. The van der Waals surface area contributed by atoms with E-state index in [0.717, 1.165) is 5.56 Å². The summed E-state index contributed by atoms with van der Waals surface area (Å²) in [6, 6.07) is 6.50. The van der Waals surface area contributed by atoms with Crippen molar-refractivity contribution >= 4 is 5.91 Å². The number of benzene rings is 1. The first kappa shape index (κ1) is 16.8. The van der Waals surface area contributed by atoms with Crippen LogP contribution in [-0.2, 0) is 11.3 Å². The van der Waals surface area contributed by atoms with Crippen LogP contribution in [0.4, 0.5) is 13.2 Å². The summed E-state index contributed by atoms with van der Waals surface area (Å²) in [5.74, 6) is 0.152. The molecule has 1 N–H and O–H groups in total. The normalized spacial score (nSPS) is 25.4. The summed E-state index contributed by atoms with van der Waals surface area (Å²) in [6.45, 7) is -0.795. The number of hydrogen-bond acceptors (Lipinski definition) is 3. The van der Waals surface area contributed by atoms with Crippen LogP contribution < -0.4 is 4.74 Å². The lowest BCUT2D eigenvalue weighted by Crippen LogP contribution is -2.39. The van der Waals surface area contributed by atoms with Crippen molar-refractivity contribution in [3.05, 3.63) is 41.0 Å². The second-order valence-corrected chi connectivity index (χ2v) is 6.13. The number of rotatable bonds is 4. The van der Waals surface area contributed by atoms with Crippen LogP contribution in [0.25, 0.3) is 0 Å². The van der Waals surface area contributed by atoms with Crippen LogP contribution in [-0.4, -0.2) is 41.8 Å². The average molecular weight is 341 g/mol. The summed E-state index contributed by atoms with van der Waals surface area (Å²) in [6.07, 6.45) is -4.08. The Morgan fingerprint density at radius 3 is 2.50 bits per heavy atom. The molecule has 1 saturated carbocycles. The molecule has 1 aliphatic heterocycles. The average Bonchev–Trinajstić information content (AvgIpc) is 3.07. The Bertz CT molecular complexity index is 667. The molecule has 1 aromatic carbocycles. The van der Waals surface area contributed by atoms with E-state index in [4.69, 9.17) is 9.84 Å². The Labute approximate surface area is 137 Å². The SMILES string of the molecule is COc1ccc(CN2C(=O)[C@H]3C/C(=C(\CO)C(F)(F)F)C2C3)cc1. The smallest absolute Gasteiger partial charge is 0.414 e. The number of carbonyl (C=O) groups is 1. The molecule has 1 heterocycles. The monoisotopic (exact) mass is 341 g/mol. The molecule has 1 saturated heterocycles. The number of ether oxygens (including phenoxy) is 1. The molecule has 1 amide bonds. The number of fused-ring (bicyclic) bond motifs is 2. The van der Waals surface area contributed by atoms with Gasteiger partial charge < -0.3 is 14.7 Å². The predicted octanol–water partition coefficient (Wildman–Crippen LogP) is 2.67. The molecule has 4 nitrogen and oxygen atoms in total. The number of aliphatic hydroxyl groups is 1. The molecule has 2 atom stereocenters. The maximum atomic E-state index is 13.1. The number of likely N-dealkylation sites (tertiary alicyclic amines) is 1. The Morgan fingerprint density at radius 2 is 2.00 bits per heavy atom. The fourth-order valence-corrected chi connectivity index (χ4v) is 3.60. The van der Waals surface area contributed by atoms with E-state index in [1.165, 1.54) is 4.90 Å². The Kier molecular flexibility index (Phi) is 4.29. The van der Waals surface area contributed by atoms with Crippen LogP contribution in [0.3, 0.4) is 0 Å². The van der Waals surface area contributed by atoms with Gasteiger partial charge in [-0.2, -0.15) is 13.2 Å². The number of alkyl halides is 3. The summed E-state index contributed by atoms with van der Waals surface area (Å²) >= 11 is 0. The zero-order chi connectivity index (χ0) is 17.5. The van der Waals surface area contributed by atoms with Gasteiger partial charge in [0.25, 0.3) is 0 Å². The molecule has 0 radical (unpaired) electrons. The lowest BCUT2D eigenvalue weighted by Gasteiger charge is -2.31. The second kappa shape index (κ2) is 6.12. The highest BCUT2D eigenvalue weighted by atomic mass is 19.4. The Hall–Kier alpha value is -2.02. The van der Waals surface area contributed by atoms with Gasteiger partial charge in [0, 0.05) is 12.5 Å². The topological polar surface area (TPSA) is 49.8 Å². The molecule has 7 heteroatoms. The highest BCUT2D eigenvalue weighted by Crippen LogP contribution is 2.46. The van der Waals surface area contributed by atoms with Crippen LogP contribution in [0.5, 0.6) is 5.75 Å². The third-order valence-corrected chi connectivity index (χ3v) is 4.78. The number of amides is 1. The number of aliphatic hydroxyl groups excluding tert-OH is 1. The first-order valence-electron chi connectivity index (χ1n) is 7.68. The molecule has 24 heavy (non-hydrogen) atoms. The van der Waals surface area contributed by atoms with E-state index < -0.39 is 30.3 Å². The van der Waals surface area contributed by atoms with Gasteiger partial charge >= 0.3 is 6.18 Å². The highest BCUT2D eigenvalue weighted by molar-refractivity contribution is 5.84. The largest absolute Gasteiger partial charge is 0.497 e. The Balaban J connectivity index is 1.86. The summed E-state index contributed by atoms with van der Waals surface area (Å²) in [5.41, 5.74) is 0.0824. The van der Waals surface area contributed by atoms with Crippen LogP contribution in [0, 0.1) is 5.92 Å². The number of methoxy groups -OCH3 is 1. The van der Waals surface area contributed by atoms with E-state index in [-0.39, 0.29) is 24.4 Å². The fourth-order valence-electron chi connectivity index (χ4n) is 3.60. The minimum atomic E-state index is -4.57. The van der Waals surface area contributed by atoms with E-state index in [1.54, 1.807) is 31.4 Å². The van der Waals surface area contributed by atoms with Gasteiger partial charge in [0.2, 0.25) is 5.91 Å². The van der Waals surface area contributed by atoms with Crippen molar-refractivity contribution < 1.29 is 27.8 Å². The minimum absolute atomic E-state index is 0.0953. The highest BCUT2D eigenvalue weighted by Gasteiger charge is 2.51. The lowest BCUT2D eigenvalue weighted by molar-refractivity contribution is -0.134. The minimum Gasteiger partial charge on any atom is -0.497 e. The molecule has 1 aliphatic carbocycles. The summed E-state index contributed by atoms with van der Waals surface area (Å²) < 4.78 is 44.4. The molecule has 2 fully saturated rings. The zero-order valence-corrected chi connectivity index (χ0v) is 13.1. The van der Waals surface area contributed by atoms with Crippen LogP contribution in [0.15, 0.2) is 35.4 Å². The first-order chi connectivity index (χ1) is 11.3. The maximum absolute atomic E-state index is 13.1. The van der Waals surface area contributed by atoms with Crippen molar-refractivity contribution in [3.63, 3.8) is 0 Å². The Morgan fingerprint density at radius 1 is 1.33 bits per heavy atom. The van der Waals surface area contributed by atoms with E-state index in [0.29, 0.717) is 12.2 Å². The van der Waals surface area contributed by atoms with E-state index in [9.17, 15) is 18.0 Å². The van der Waals surface area contributed by atoms with Crippen LogP contribution >= 0.6 is 0 Å². The van der Waals surface area contributed by atoms with Gasteiger partial charge in [-0.1, -0.05) is 12.1 Å². The first-order valence-corrected chi connectivity index (χ1v) is 7.68. The molecule has 130 valence electrons. The molecule has 0 aromatic heterocycles. The van der Waals surface area contributed by atoms with Crippen molar-refractivity contribution in [2.45, 2.75) is 31.6 Å². The molecular formula is C17H18F3NO3. The number of nitrogens with zero attached hydrogens (tertiary/aromatic N) is 1. The van der Waals surface area contributed by atoms with Gasteiger partial charge in [-0.25, -0.2) is 0 Å². The van der Waals surface area contributed by atoms with E-state index >= 15 is 0 Å². The van der Waals surface area contributed by atoms with Crippen molar-refractivity contribution in [1.29, 1.82) is 0 Å². The summed E-state index contributed by atoms with van der Waals surface area (Å²) in [4.78, 5) is 13.8. The number of hydrogen-bond donors (Lipinski definition) is 1. The molecule has 2 bridgehead atoms. The van der Waals surface area contributed by atoms with Crippen molar-refractivity contribution in [3.8, 4) is 5.75 Å². The third kappa shape index (κ3) is 2.88. The molecule has 3 rings (SSSR count). The quantitative estimate of drug-likeness (QED) is 0.857. The summed E-state index contributed by atoms with van der Waals surface area (Å²) in [5, 5.41) is 9.15. The fraction of sp³-hybridized carbons (Fsp3) is 0.471. The van der Waals surface area contributed by atoms with Crippen LogP contribution in [0.1, 0.15) is 18.4 Å². The predicted molar refractivity (Wildman–Crippen MR) is 80.2 cm³/mol. The van der Waals surface area contributed by atoms with Crippen molar-refractivity contribution in [2.24, 2.45) is 5.92 Å². The van der Waals surface area contributed by atoms with Crippen molar-refractivity contribution in [2.75, 3.05) is 13.7 Å². The summed E-state index contributed by atoms with van der Waals surface area (Å²) in [7, 11) is 1.54. The van der Waals surface area contributed by atoms with Gasteiger partial charge in [0.15, 0.2) is 0 Å². The molecule has 0 spiro atoms. The van der Waals surface area contributed by atoms with Crippen molar-refractivity contribution in [1.82, 2.24) is 4.90 Å². The van der Waals surface area contributed by atoms with Gasteiger partial charge in [-0.05, 0) is 36.1 Å². The van der Waals surface area contributed by atoms with Gasteiger partial charge in [0.05, 0.1) is 25.3 Å². The lowest BCUT2D eigenvalue weighted by atomic mass is 9.97. The molecule has 1 aromatic rings. The molecule has 2 aliphatic rings.